The Balaban J connectivity index is 2.88. The van der Waals surface area contributed by atoms with E-state index in [9.17, 15) is 0 Å². The van der Waals surface area contributed by atoms with Crippen LogP contribution in [0.4, 0.5) is 0 Å². The highest BCUT2D eigenvalue weighted by Crippen LogP contribution is 2.33. The molecule has 0 spiro atoms. The van der Waals surface area contributed by atoms with Crippen LogP contribution in [0.15, 0.2) is 30.3 Å². The Hall–Kier alpha value is -0.860. The molecule has 0 radical (unpaired) electrons. The van der Waals surface area contributed by atoms with Crippen molar-refractivity contribution in [1.29, 1.82) is 0 Å². The second-order valence-corrected chi connectivity index (χ2v) is 6.11. The first-order chi connectivity index (χ1) is 8.36. The molecular formula is C16H27NO. The van der Waals surface area contributed by atoms with E-state index in [1.54, 1.807) is 7.11 Å². The molecule has 0 aliphatic heterocycles. The summed E-state index contributed by atoms with van der Waals surface area (Å²) < 4.78 is 5.40. The van der Waals surface area contributed by atoms with Crippen LogP contribution in [0.1, 0.15) is 46.2 Å². The molecule has 0 saturated heterocycles. The van der Waals surface area contributed by atoms with Crippen molar-refractivity contribution in [2.24, 2.45) is 5.41 Å². The molecule has 0 fully saturated rings. The second kappa shape index (κ2) is 6.35. The zero-order chi connectivity index (χ0) is 13.8. The van der Waals surface area contributed by atoms with Gasteiger partial charge in [-0.1, -0.05) is 51.1 Å². The van der Waals surface area contributed by atoms with Crippen LogP contribution in [0.25, 0.3) is 0 Å². The maximum absolute atomic E-state index is 5.40. The maximum atomic E-state index is 5.40. The van der Waals surface area contributed by atoms with Gasteiger partial charge in [-0.3, -0.25) is 0 Å². The van der Waals surface area contributed by atoms with Gasteiger partial charge in [0.15, 0.2) is 0 Å². The monoisotopic (exact) mass is 249 g/mol. The number of methoxy groups -OCH3 is 1. The zero-order valence-corrected chi connectivity index (χ0v) is 12.5. The van der Waals surface area contributed by atoms with Crippen LogP contribution in [-0.2, 0) is 4.74 Å². The van der Waals surface area contributed by atoms with Crippen molar-refractivity contribution in [3.05, 3.63) is 35.9 Å². The molecule has 1 rings (SSSR count). The summed E-state index contributed by atoms with van der Waals surface area (Å²) in [7, 11) is 1.76. The topological polar surface area (TPSA) is 21.3 Å². The molecule has 0 aromatic heterocycles. The van der Waals surface area contributed by atoms with E-state index < -0.39 is 0 Å². The van der Waals surface area contributed by atoms with E-state index >= 15 is 0 Å². The fourth-order valence-electron chi connectivity index (χ4n) is 2.09. The molecule has 0 aliphatic rings. The van der Waals surface area contributed by atoms with Crippen LogP contribution in [0, 0.1) is 5.41 Å². The summed E-state index contributed by atoms with van der Waals surface area (Å²) in [6.07, 6.45) is 0.207. The van der Waals surface area contributed by atoms with E-state index in [0.29, 0.717) is 12.1 Å². The number of hydrogen-bond donors (Lipinski definition) is 1. The number of benzene rings is 1. The van der Waals surface area contributed by atoms with E-state index in [2.05, 4.69) is 70.3 Å². The Bertz CT molecular complexity index is 342. The fraction of sp³-hybridized carbons (Fsp3) is 0.625. The summed E-state index contributed by atoms with van der Waals surface area (Å²) in [4.78, 5) is 0. The molecule has 0 heterocycles. The molecule has 0 aliphatic carbocycles. The lowest BCUT2D eigenvalue weighted by molar-refractivity contribution is 0.0759. The Morgan fingerprint density at radius 2 is 1.61 bits per heavy atom. The lowest BCUT2D eigenvalue weighted by Crippen LogP contribution is -2.43. The predicted octanol–water partition coefficient (Wildman–Crippen LogP) is 3.79. The normalized spacial score (nSPS) is 17.2. The smallest absolute Gasteiger partial charge is 0.0693 e. The molecule has 18 heavy (non-hydrogen) atoms. The van der Waals surface area contributed by atoms with Gasteiger partial charge in [0.1, 0.15) is 0 Å². The average molecular weight is 249 g/mol. The maximum Gasteiger partial charge on any atom is 0.0693 e. The van der Waals surface area contributed by atoms with Crippen molar-refractivity contribution in [2.75, 3.05) is 7.11 Å². The van der Waals surface area contributed by atoms with Crippen LogP contribution in [0.2, 0.25) is 0 Å². The lowest BCUT2D eigenvalue weighted by atomic mass is 9.82. The van der Waals surface area contributed by atoms with Gasteiger partial charge in [-0.15, -0.1) is 0 Å². The third-order valence-electron chi connectivity index (χ3n) is 3.50. The highest BCUT2D eigenvalue weighted by atomic mass is 16.5. The second-order valence-electron chi connectivity index (χ2n) is 6.11. The SMILES string of the molecule is COC(C)C(C)NC(c1ccccc1)C(C)(C)C. The van der Waals surface area contributed by atoms with Gasteiger partial charge in [-0.25, -0.2) is 0 Å². The summed E-state index contributed by atoms with van der Waals surface area (Å²) in [6.45, 7) is 11.1. The van der Waals surface area contributed by atoms with Gasteiger partial charge < -0.3 is 10.1 Å². The minimum atomic E-state index is 0.170. The Morgan fingerprint density at radius 1 is 1.06 bits per heavy atom. The van der Waals surface area contributed by atoms with E-state index in [-0.39, 0.29) is 11.5 Å². The summed E-state index contributed by atoms with van der Waals surface area (Å²) >= 11 is 0. The Kier molecular flexibility index (Phi) is 5.36. The van der Waals surface area contributed by atoms with Crippen LogP contribution in [0.5, 0.6) is 0 Å². The first-order valence-electron chi connectivity index (χ1n) is 6.70. The minimum Gasteiger partial charge on any atom is -0.380 e. The van der Waals surface area contributed by atoms with Crippen LogP contribution in [-0.4, -0.2) is 19.3 Å². The molecule has 2 nitrogen and oxygen atoms in total. The quantitative estimate of drug-likeness (QED) is 0.857. The third-order valence-corrected chi connectivity index (χ3v) is 3.50. The van der Waals surface area contributed by atoms with E-state index in [0.717, 1.165) is 0 Å². The lowest BCUT2D eigenvalue weighted by Gasteiger charge is -2.36. The summed E-state index contributed by atoms with van der Waals surface area (Å²) in [5, 5.41) is 3.70. The van der Waals surface area contributed by atoms with E-state index in [4.69, 9.17) is 4.74 Å². The van der Waals surface area contributed by atoms with Crippen molar-refractivity contribution in [3.63, 3.8) is 0 Å². The first-order valence-corrected chi connectivity index (χ1v) is 6.70. The van der Waals surface area contributed by atoms with Gasteiger partial charge in [-0.2, -0.15) is 0 Å². The predicted molar refractivity (Wildman–Crippen MR) is 77.7 cm³/mol. The highest BCUT2D eigenvalue weighted by molar-refractivity contribution is 5.21. The van der Waals surface area contributed by atoms with Crippen molar-refractivity contribution in [2.45, 2.75) is 52.8 Å². The molecule has 102 valence electrons. The number of nitrogens with one attached hydrogen (secondary N) is 1. The molecule has 1 N–H and O–H groups in total. The molecule has 0 bridgehead atoms. The van der Waals surface area contributed by atoms with Gasteiger partial charge >= 0.3 is 0 Å². The summed E-state index contributed by atoms with van der Waals surface area (Å²) in [5.41, 5.74) is 1.50. The largest absolute Gasteiger partial charge is 0.380 e. The van der Waals surface area contributed by atoms with Crippen LogP contribution < -0.4 is 5.32 Å². The zero-order valence-electron chi connectivity index (χ0n) is 12.5. The van der Waals surface area contributed by atoms with Crippen LogP contribution >= 0.6 is 0 Å². The van der Waals surface area contributed by atoms with Gasteiger partial charge in [0.05, 0.1) is 6.10 Å². The third kappa shape index (κ3) is 4.11. The molecule has 2 heteroatoms. The van der Waals surface area contributed by atoms with Crippen molar-refractivity contribution in [1.82, 2.24) is 5.32 Å². The molecule has 0 amide bonds. The van der Waals surface area contributed by atoms with Crippen molar-refractivity contribution >= 4 is 0 Å². The van der Waals surface area contributed by atoms with Gasteiger partial charge in [-0.05, 0) is 24.8 Å². The number of hydrogen-bond acceptors (Lipinski definition) is 2. The molecule has 1 aromatic rings. The minimum absolute atomic E-state index is 0.170. The van der Waals surface area contributed by atoms with Crippen LogP contribution in [0.3, 0.4) is 0 Å². The molecular weight excluding hydrogens is 222 g/mol. The molecule has 0 saturated carbocycles. The van der Waals surface area contributed by atoms with Crippen molar-refractivity contribution < 1.29 is 4.74 Å². The Labute approximate surface area is 112 Å². The van der Waals surface area contributed by atoms with E-state index in [1.807, 2.05) is 0 Å². The van der Waals surface area contributed by atoms with Gasteiger partial charge in [0.2, 0.25) is 0 Å². The van der Waals surface area contributed by atoms with Crippen molar-refractivity contribution in [3.8, 4) is 0 Å². The number of rotatable bonds is 5. The first kappa shape index (κ1) is 15.2. The standard InChI is InChI=1S/C16H27NO/c1-12(13(2)18-6)17-15(16(3,4)5)14-10-8-7-9-11-14/h7-13,15,17H,1-6H3. The fourth-order valence-corrected chi connectivity index (χ4v) is 2.09. The van der Waals surface area contributed by atoms with E-state index in [1.165, 1.54) is 5.56 Å². The summed E-state index contributed by atoms with van der Waals surface area (Å²) in [5.74, 6) is 0. The molecule has 3 unspecified atom stereocenters. The number of ether oxygens (including phenoxy) is 1. The van der Waals surface area contributed by atoms with Gasteiger partial charge in [0.25, 0.3) is 0 Å². The molecule has 3 atom stereocenters. The molecule has 1 aromatic carbocycles. The Morgan fingerprint density at radius 3 is 2.06 bits per heavy atom. The van der Waals surface area contributed by atoms with Gasteiger partial charge in [0, 0.05) is 19.2 Å². The summed E-state index contributed by atoms with van der Waals surface area (Å²) in [6, 6.07) is 11.3. The average Bonchev–Trinajstić information content (AvgIpc) is 2.34. The highest BCUT2D eigenvalue weighted by Gasteiger charge is 2.28.